The number of rotatable bonds is 15. The van der Waals surface area contributed by atoms with Gasteiger partial charge in [-0.15, -0.1) is 0 Å². The van der Waals surface area contributed by atoms with Crippen LogP contribution < -0.4 is 14.4 Å². The summed E-state index contributed by atoms with van der Waals surface area (Å²) in [5.41, 5.74) is 4.65. The second kappa shape index (κ2) is 16.3. The highest BCUT2D eigenvalue weighted by atomic mass is 32.2. The molecule has 9 heteroatoms. The monoisotopic (exact) mass is 655 g/mol. The first kappa shape index (κ1) is 35.2. The van der Waals surface area contributed by atoms with E-state index in [1.54, 1.807) is 43.5 Å². The van der Waals surface area contributed by atoms with E-state index in [1.165, 1.54) is 4.90 Å². The average molecular weight is 656 g/mol. The van der Waals surface area contributed by atoms with Gasteiger partial charge in [0.2, 0.25) is 11.8 Å². The number of carbonyl (C=O) groups is 2. The van der Waals surface area contributed by atoms with E-state index in [0.717, 1.165) is 45.0 Å². The Bertz CT molecular complexity index is 1740. The van der Waals surface area contributed by atoms with E-state index < -0.39 is 28.5 Å². The molecule has 0 aliphatic rings. The predicted octanol–water partition coefficient (Wildman–Crippen LogP) is 6.37. The Kier molecular flexibility index (Phi) is 12.2. The van der Waals surface area contributed by atoms with E-state index in [4.69, 9.17) is 4.74 Å². The molecular weight excluding hydrogens is 611 g/mol. The highest BCUT2D eigenvalue weighted by molar-refractivity contribution is 7.92. The van der Waals surface area contributed by atoms with E-state index in [0.29, 0.717) is 18.0 Å². The van der Waals surface area contributed by atoms with Gasteiger partial charge < -0.3 is 15.0 Å². The normalized spacial score (nSPS) is 11.9. The third-order valence-corrected chi connectivity index (χ3v) is 9.76. The van der Waals surface area contributed by atoms with Gasteiger partial charge in [0.05, 0.1) is 17.7 Å². The standard InChI is InChI=1S/C38H45N3O5S/c1-6-7-20-39-38(43)36(25-31-12-9-8-10-13-31)40(26-32-14-11-15-34(24-32)46-5)37(42)27-41(33-22-29(3)21-30(4)23-33)47(44,45)35-18-16-28(2)17-19-35/h8-19,21-24,36H,6-7,20,25-27H2,1-5H3,(H,39,43)/t36-/m1/s1. The van der Waals surface area contributed by atoms with Crippen molar-refractivity contribution in [3.05, 3.63) is 125 Å². The molecule has 0 unspecified atom stereocenters. The molecule has 1 N–H and O–H groups in total. The Labute approximate surface area is 279 Å². The summed E-state index contributed by atoms with van der Waals surface area (Å²) in [7, 11) is -2.61. The van der Waals surface area contributed by atoms with Gasteiger partial charge >= 0.3 is 0 Å². The molecule has 1 atom stereocenters. The number of sulfonamides is 1. The third-order valence-electron chi connectivity index (χ3n) is 7.97. The summed E-state index contributed by atoms with van der Waals surface area (Å²) >= 11 is 0. The molecule has 8 nitrogen and oxygen atoms in total. The summed E-state index contributed by atoms with van der Waals surface area (Å²) in [4.78, 5) is 30.2. The van der Waals surface area contributed by atoms with Gasteiger partial charge in [0.15, 0.2) is 0 Å². The number of nitrogens with zero attached hydrogens (tertiary/aromatic N) is 2. The summed E-state index contributed by atoms with van der Waals surface area (Å²) in [5, 5.41) is 3.02. The van der Waals surface area contributed by atoms with Crippen molar-refractivity contribution >= 4 is 27.5 Å². The summed E-state index contributed by atoms with van der Waals surface area (Å²) in [6, 6.07) is 28.0. The molecule has 0 saturated carbocycles. The zero-order valence-electron chi connectivity index (χ0n) is 27.9. The van der Waals surface area contributed by atoms with Crippen LogP contribution in [0.2, 0.25) is 0 Å². The summed E-state index contributed by atoms with van der Waals surface area (Å²) in [6.45, 7) is 7.74. The lowest BCUT2D eigenvalue weighted by molar-refractivity contribution is -0.140. The van der Waals surface area contributed by atoms with E-state index in [1.807, 2.05) is 88.4 Å². The van der Waals surface area contributed by atoms with E-state index in [2.05, 4.69) is 5.32 Å². The number of ether oxygens (including phenoxy) is 1. The fraction of sp³-hybridized carbons (Fsp3) is 0.316. The molecule has 4 rings (SSSR count). The van der Waals surface area contributed by atoms with Crippen LogP contribution in [0.3, 0.4) is 0 Å². The quantitative estimate of drug-likeness (QED) is 0.150. The first-order valence-electron chi connectivity index (χ1n) is 15.9. The van der Waals surface area contributed by atoms with Crippen molar-refractivity contribution < 1.29 is 22.7 Å². The van der Waals surface area contributed by atoms with Crippen LogP contribution in [-0.2, 0) is 32.6 Å². The SMILES string of the molecule is CCCCNC(=O)[C@@H](Cc1ccccc1)N(Cc1cccc(OC)c1)C(=O)CN(c1cc(C)cc(C)c1)S(=O)(=O)c1ccc(C)cc1. The maximum atomic E-state index is 14.7. The molecule has 0 aromatic heterocycles. The largest absolute Gasteiger partial charge is 0.497 e. The number of hydrogen-bond donors (Lipinski definition) is 1. The van der Waals surface area contributed by atoms with Gasteiger partial charge in [0.25, 0.3) is 10.0 Å². The topological polar surface area (TPSA) is 96.0 Å². The van der Waals surface area contributed by atoms with Crippen molar-refractivity contribution in [1.82, 2.24) is 10.2 Å². The number of aryl methyl sites for hydroxylation is 3. The van der Waals surface area contributed by atoms with Crippen molar-refractivity contribution in [3.8, 4) is 5.75 Å². The summed E-state index contributed by atoms with van der Waals surface area (Å²) < 4.78 is 35.2. The Morgan fingerprint density at radius 2 is 1.47 bits per heavy atom. The zero-order chi connectivity index (χ0) is 34.0. The number of hydrogen-bond acceptors (Lipinski definition) is 5. The number of amides is 2. The average Bonchev–Trinajstić information content (AvgIpc) is 3.05. The molecule has 4 aromatic rings. The van der Waals surface area contributed by atoms with Gasteiger partial charge in [-0.2, -0.15) is 0 Å². The minimum absolute atomic E-state index is 0.0694. The first-order valence-corrected chi connectivity index (χ1v) is 17.4. The predicted molar refractivity (Wildman–Crippen MR) is 187 cm³/mol. The lowest BCUT2D eigenvalue weighted by Crippen LogP contribution is -2.53. The van der Waals surface area contributed by atoms with Gasteiger partial charge in [0, 0.05) is 19.5 Å². The molecule has 0 bridgehead atoms. The molecule has 0 saturated heterocycles. The molecule has 0 radical (unpaired) electrons. The fourth-order valence-electron chi connectivity index (χ4n) is 5.49. The Balaban J connectivity index is 1.82. The maximum absolute atomic E-state index is 14.7. The molecule has 0 fully saturated rings. The van der Waals surface area contributed by atoms with Crippen molar-refractivity contribution in [1.29, 1.82) is 0 Å². The molecular formula is C38H45N3O5S. The number of nitrogens with one attached hydrogen (secondary N) is 1. The second-order valence-electron chi connectivity index (χ2n) is 11.9. The zero-order valence-corrected chi connectivity index (χ0v) is 28.7. The van der Waals surface area contributed by atoms with Gasteiger partial charge in [0.1, 0.15) is 18.3 Å². The first-order chi connectivity index (χ1) is 22.5. The number of benzene rings is 4. The third kappa shape index (κ3) is 9.45. The summed E-state index contributed by atoms with van der Waals surface area (Å²) in [5.74, 6) is -0.187. The lowest BCUT2D eigenvalue weighted by Gasteiger charge is -2.34. The number of carbonyl (C=O) groups excluding carboxylic acids is 2. The van der Waals surface area contributed by atoms with Crippen LogP contribution in [0.5, 0.6) is 5.75 Å². The molecule has 248 valence electrons. The van der Waals surface area contributed by atoms with E-state index in [9.17, 15) is 18.0 Å². The number of unbranched alkanes of at least 4 members (excludes halogenated alkanes) is 1. The van der Waals surface area contributed by atoms with Gasteiger partial charge in [-0.3, -0.25) is 13.9 Å². The molecule has 4 aromatic carbocycles. The van der Waals surface area contributed by atoms with E-state index >= 15 is 0 Å². The van der Waals surface area contributed by atoms with Crippen LogP contribution in [0.1, 0.15) is 47.6 Å². The van der Waals surface area contributed by atoms with Crippen molar-refractivity contribution in [3.63, 3.8) is 0 Å². The molecule has 0 aliphatic carbocycles. The molecule has 0 spiro atoms. The molecule has 0 aliphatic heterocycles. The van der Waals surface area contributed by atoms with Crippen molar-refractivity contribution in [2.75, 3.05) is 24.5 Å². The number of methoxy groups -OCH3 is 1. The smallest absolute Gasteiger partial charge is 0.264 e. The van der Waals surface area contributed by atoms with Gasteiger partial charge in [-0.1, -0.05) is 79.6 Å². The van der Waals surface area contributed by atoms with Crippen LogP contribution in [0.15, 0.2) is 102 Å². The van der Waals surface area contributed by atoms with Gasteiger partial charge in [-0.05, 0) is 85.8 Å². The Morgan fingerprint density at radius 1 is 0.809 bits per heavy atom. The van der Waals surface area contributed by atoms with Crippen LogP contribution in [0.4, 0.5) is 5.69 Å². The number of anilines is 1. The van der Waals surface area contributed by atoms with Crippen molar-refractivity contribution in [2.24, 2.45) is 0 Å². The van der Waals surface area contributed by atoms with Crippen molar-refractivity contribution in [2.45, 2.75) is 64.4 Å². The van der Waals surface area contributed by atoms with Crippen LogP contribution in [0.25, 0.3) is 0 Å². The molecule has 2 amide bonds. The minimum Gasteiger partial charge on any atom is -0.497 e. The Hall–Kier alpha value is -4.63. The molecule has 0 heterocycles. The fourth-order valence-corrected chi connectivity index (χ4v) is 6.89. The lowest BCUT2D eigenvalue weighted by atomic mass is 10.0. The van der Waals surface area contributed by atoms with Crippen LogP contribution >= 0.6 is 0 Å². The maximum Gasteiger partial charge on any atom is 0.264 e. The van der Waals surface area contributed by atoms with Crippen LogP contribution in [-0.4, -0.2) is 51.4 Å². The summed E-state index contributed by atoms with van der Waals surface area (Å²) in [6.07, 6.45) is 1.95. The second-order valence-corrected chi connectivity index (χ2v) is 13.8. The van der Waals surface area contributed by atoms with Crippen LogP contribution in [0, 0.1) is 20.8 Å². The Morgan fingerprint density at radius 3 is 2.11 bits per heavy atom. The highest BCUT2D eigenvalue weighted by Gasteiger charge is 2.34. The minimum atomic E-state index is -4.17. The van der Waals surface area contributed by atoms with Gasteiger partial charge in [-0.25, -0.2) is 8.42 Å². The molecule has 47 heavy (non-hydrogen) atoms. The van der Waals surface area contributed by atoms with E-state index in [-0.39, 0.29) is 23.8 Å². The highest BCUT2D eigenvalue weighted by Crippen LogP contribution is 2.27.